The van der Waals surface area contributed by atoms with Crippen molar-refractivity contribution in [3.05, 3.63) is 62.9 Å². The quantitative estimate of drug-likeness (QED) is 0.234. The van der Waals surface area contributed by atoms with E-state index in [9.17, 15) is 9.59 Å². The Kier molecular flexibility index (Phi) is 63.0. The van der Waals surface area contributed by atoms with Crippen LogP contribution in [0.4, 0.5) is 0 Å². The van der Waals surface area contributed by atoms with Crippen molar-refractivity contribution in [2.75, 3.05) is 0 Å². The number of carbonyl (C=O) groups excluding carboxylic acids is 3. The smallest absolute Gasteiger partial charge is 0.542 e. The van der Waals surface area contributed by atoms with Crippen molar-refractivity contribution in [2.45, 2.75) is 51.4 Å². The molecule has 0 N–H and O–H groups in total. The number of hydrogen-bond donors (Lipinski definition) is 0. The van der Waals surface area contributed by atoms with Gasteiger partial charge < -0.3 is 40.4 Å². The van der Waals surface area contributed by atoms with E-state index in [-0.39, 0.29) is 136 Å². The van der Waals surface area contributed by atoms with Crippen LogP contribution in [0.3, 0.4) is 0 Å². The molecule has 156 valence electrons. The molecule has 0 spiro atoms. The van der Waals surface area contributed by atoms with Crippen LogP contribution in [0, 0.1) is 162 Å². The summed E-state index contributed by atoms with van der Waals surface area (Å²) < 4.78 is 0. The summed E-state index contributed by atoms with van der Waals surface area (Å²) in [6.45, 7) is 10.4. The summed E-state index contributed by atoms with van der Waals surface area (Å²) in [4.78, 5) is 29.2. The first kappa shape index (κ1) is 45.6. The zero-order valence-corrected chi connectivity index (χ0v) is 34.2. The Morgan fingerprint density at radius 3 is 1.20 bits per heavy atom. The SMILES string of the molecule is C=C[C-]=O.O=[C-]C1CCC([C-]=O)CC1.[CH2-]CCCC[CH2-].[U+2].[U+2].[U+2].[U].[c-]1cc[c-]cc1. The van der Waals surface area contributed by atoms with Crippen LogP contribution in [0.1, 0.15) is 51.4 Å². The Bertz CT molecular complexity index is 385. The minimum absolute atomic E-state index is 0. The molecule has 30 heavy (non-hydrogen) atoms. The van der Waals surface area contributed by atoms with Crippen LogP contribution in [-0.4, -0.2) is 18.9 Å². The van der Waals surface area contributed by atoms with Gasteiger partial charge in [0, 0.05) is 31.1 Å². The minimum Gasteiger partial charge on any atom is -0.542 e. The Morgan fingerprint density at radius 1 is 0.800 bits per heavy atom. The summed E-state index contributed by atoms with van der Waals surface area (Å²) in [5.41, 5.74) is 0. The molecule has 0 heterocycles. The number of allylic oxidation sites excluding steroid dienone is 1. The van der Waals surface area contributed by atoms with Crippen molar-refractivity contribution in [3.63, 3.8) is 0 Å². The molecule has 1 aliphatic carbocycles. The van der Waals surface area contributed by atoms with Crippen molar-refractivity contribution in [1.82, 2.24) is 0 Å². The first-order chi connectivity index (χ1) is 12.7. The van der Waals surface area contributed by atoms with Gasteiger partial charge in [0.15, 0.2) is 0 Å². The van der Waals surface area contributed by atoms with Crippen molar-refractivity contribution >= 4 is 18.9 Å². The standard InChI is InChI=1S/C8H10O2.C6H4.C6H12.C3H3O.4U/c9-5-7-1-2-8(6-10)4-3-7;1-2-4-6-5-3-1;1-3-5-6-4-2;1-2-3-4;;;;/h7-8H,1-4H2;1-2,5-6H;1-6H2;2H,1H2;;;;/q3*-2;-1;;3*+2. The van der Waals surface area contributed by atoms with Gasteiger partial charge in [0.1, 0.15) is 0 Å². The molecular weight excluding hydrogens is 1280 g/mol. The van der Waals surface area contributed by atoms with Gasteiger partial charge in [0.2, 0.25) is 0 Å². The van der Waals surface area contributed by atoms with Gasteiger partial charge >= 0.3 is 93.3 Å². The molecule has 1 aliphatic rings. The first-order valence-electron chi connectivity index (χ1n) is 8.84. The molecule has 0 aliphatic heterocycles. The van der Waals surface area contributed by atoms with Crippen LogP contribution in [-0.2, 0) is 14.4 Å². The maximum absolute atomic E-state index is 10.1. The third-order valence-electron chi connectivity index (χ3n) is 3.45. The molecule has 3 nitrogen and oxygen atoms in total. The molecule has 1 fully saturated rings. The second-order valence-electron chi connectivity index (χ2n) is 5.52. The van der Waals surface area contributed by atoms with E-state index in [0.717, 1.165) is 44.6 Å². The van der Waals surface area contributed by atoms with Crippen LogP contribution in [0.15, 0.2) is 36.9 Å². The number of unbranched alkanes of at least 4 members (excludes halogenated alkanes) is 3. The van der Waals surface area contributed by atoms with Crippen LogP contribution >= 0.6 is 0 Å². The maximum Gasteiger partial charge on any atom is 2.00 e. The first-order valence-corrected chi connectivity index (χ1v) is 8.84. The fraction of sp³-hybridized carbons (Fsp3) is 0.435. The van der Waals surface area contributed by atoms with Crippen molar-refractivity contribution in [2.24, 2.45) is 11.8 Å². The Balaban J connectivity index is -0.0000000644. The summed E-state index contributed by atoms with van der Waals surface area (Å²) >= 11 is 0. The minimum atomic E-state index is 0. The van der Waals surface area contributed by atoms with E-state index in [1.165, 1.54) is 19.1 Å². The van der Waals surface area contributed by atoms with E-state index < -0.39 is 0 Å². The molecule has 0 radical (unpaired) electrons. The zero-order chi connectivity index (χ0) is 19.9. The predicted molar refractivity (Wildman–Crippen MR) is 106 cm³/mol. The average Bonchev–Trinajstić information content (AvgIpc) is 2.74. The second-order valence-corrected chi connectivity index (χ2v) is 5.52. The molecule has 1 saturated carbocycles. The molecule has 0 bridgehead atoms. The van der Waals surface area contributed by atoms with Gasteiger partial charge in [-0.05, 0) is 6.29 Å². The fourth-order valence-corrected chi connectivity index (χ4v) is 1.99. The van der Waals surface area contributed by atoms with Crippen LogP contribution in [0.2, 0.25) is 0 Å². The molecule has 2 rings (SSSR count). The van der Waals surface area contributed by atoms with E-state index in [2.05, 4.69) is 32.6 Å². The monoisotopic (exact) mass is 1310 g/mol. The van der Waals surface area contributed by atoms with E-state index >= 15 is 0 Å². The molecule has 7 heteroatoms. The Hall–Kier alpha value is 2.18. The molecule has 1 aromatic carbocycles. The van der Waals surface area contributed by atoms with Crippen LogP contribution in [0.25, 0.3) is 0 Å². The van der Waals surface area contributed by atoms with Crippen LogP contribution < -0.4 is 0 Å². The largest absolute Gasteiger partial charge is 2.00 e. The summed E-state index contributed by atoms with van der Waals surface area (Å²) in [5.74, 6) is 0.175. The average molecular weight is 1310 g/mol. The number of rotatable bonds is 6. The summed E-state index contributed by atoms with van der Waals surface area (Å²) in [6.07, 6.45) is 14.4. The maximum atomic E-state index is 10.1. The van der Waals surface area contributed by atoms with E-state index in [1.807, 2.05) is 36.8 Å². The predicted octanol–water partition coefficient (Wildman–Crippen LogP) is 4.80. The topological polar surface area (TPSA) is 51.2 Å². The van der Waals surface area contributed by atoms with Gasteiger partial charge in [-0.3, -0.25) is 36.8 Å². The molecule has 0 unspecified atom stereocenters. The molecule has 1 aromatic rings. The van der Waals surface area contributed by atoms with Gasteiger partial charge in [-0.2, -0.15) is 12.8 Å². The third-order valence-corrected chi connectivity index (χ3v) is 3.45. The van der Waals surface area contributed by atoms with E-state index in [4.69, 9.17) is 4.79 Å². The molecule has 0 amide bonds. The second kappa shape index (κ2) is 41.4. The van der Waals surface area contributed by atoms with Gasteiger partial charge in [0.25, 0.3) is 0 Å². The summed E-state index contributed by atoms with van der Waals surface area (Å²) in [6, 6.07) is 13.0. The van der Waals surface area contributed by atoms with E-state index in [1.54, 1.807) is 0 Å². The number of benzene rings is 1. The van der Waals surface area contributed by atoms with Gasteiger partial charge in [0.05, 0.1) is 0 Å². The third kappa shape index (κ3) is 37.5. The molecule has 0 saturated heterocycles. The van der Waals surface area contributed by atoms with Crippen LogP contribution in [0.5, 0.6) is 0 Å². The summed E-state index contributed by atoms with van der Waals surface area (Å²) in [7, 11) is 0. The normalized spacial score (nSPS) is 15.1. The van der Waals surface area contributed by atoms with Crippen molar-refractivity contribution in [3.8, 4) is 0 Å². The Labute approximate surface area is 279 Å². The molecule has 0 aromatic heterocycles. The van der Waals surface area contributed by atoms with Crippen molar-refractivity contribution < 1.29 is 139 Å². The number of hydrogen-bond acceptors (Lipinski definition) is 3. The zero-order valence-electron chi connectivity index (χ0n) is 17.5. The van der Waals surface area contributed by atoms with Gasteiger partial charge in [-0.15, -0.1) is 11.8 Å². The van der Waals surface area contributed by atoms with Gasteiger partial charge in [-0.1, -0.05) is 38.5 Å². The Morgan fingerprint density at radius 2 is 1.07 bits per heavy atom. The molecular formula is C23H29O3U4-. The van der Waals surface area contributed by atoms with Crippen molar-refractivity contribution in [1.29, 1.82) is 0 Å². The van der Waals surface area contributed by atoms with E-state index in [0.29, 0.717) is 0 Å². The summed E-state index contributed by atoms with van der Waals surface area (Å²) in [5, 5.41) is 0. The van der Waals surface area contributed by atoms with Gasteiger partial charge in [-0.25, -0.2) is 12.7 Å². The fourth-order valence-electron chi connectivity index (χ4n) is 1.99. The molecule has 0 atom stereocenters.